The molecule has 0 fully saturated rings. The van der Waals surface area contributed by atoms with Crippen LogP contribution < -0.4 is 0 Å². The van der Waals surface area contributed by atoms with E-state index < -0.39 is 0 Å². The van der Waals surface area contributed by atoms with Gasteiger partial charge in [-0.3, -0.25) is 4.90 Å². The first kappa shape index (κ1) is 16.5. The lowest BCUT2D eigenvalue weighted by molar-refractivity contribution is 0.238. The summed E-state index contributed by atoms with van der Waals surface area (Å²) in [4.78, 5) is 4.98. The lowest BCUT2D eigenvalue weighted by Gasteiger charge is -2.23. The Labute approximate surface area is 123 Å². The number of benzene rings is 1. The summed E-state index contributed by atoms with van der Waals surface area (Å²) in [5.74, 6) is 0. The van der Waals surface area contributed by atoms with Crippen LogP contribution in [-0.4, -0.2) is 42.5 Å². The van der Waals surface area contributed by atoms with Gasteiger partial charge in [-0.05, 0) is 56.8 Å². The second-order valence-electron chi connectivity index (χ2n) is 4.88. The van der Waals surface area contributed by atoms with Crippen molar-refractivity contribution in [3.05, 3.63) is 34.9 Å². The maximum atomic E-state index is 5.91. The highest BCUT2D eigenvalue weighted by Gasteiger charge is 2.05. The number of hydrogen-bond donors (Lipinski definition) is 0. The molecule has 0 unspecified atom stereocenters. The van der Waals surface area contributed by atoms with Crippen LogP contribution >= 0.6 is 11.6 Å². The normalized spacial score (nSPS) is 11.5. The monoisotopic (exact) mass is 282 g/mol. The maximum absolute atomic E-state index is 5.91. The Balaban J connectivity index is 2.35. The van der Waals surface area contributed by atoms with Gasteiger partial charge in [-0.2, -0.15) is 0 Å². The number of nitrogens with zero attached hydrogens (tertiary/aromatic N) is 2. The summed E-state index contributed by atoms with van der Waals surface area (Å²) in [5, 5.41) is 0.813. The van der Waals surface area contributed by atoms with Crippen molar-refractivity contribution in [2.45, 2.75) is 33.7 Å². The minimum Gasteiger partial charge on any atom is -0.304 e. The topological polar surface area (TPSA) is 6.48 Å². The Morgan fingerprint density at radius 1 is 0.842 bits per heavy atom. The fourth-order valence-electron chi connectivity index (χ4n) is 2.25. The average molecular weight is 283 g/mol. The quantitative estimate of drug-likeness (QED) is 0.678. The molecule has 0 bridgehead atoms. The Hall–Kier alpha value is -0.570. The summed E-state index contributed by atoms with van der Waals surface area (Å²) in [6.07, 6.45) is 1.24. The molecule has 0 amide bonds. The van der Waals surface area contributed by atoms with Gasteiger partial charge in [0.15, 0.2) is 0 Å². The van der Waals surface area contributed by atoms with Gasteiger partial charge in [0.25, 0.3) is 0 Å². The predicted octanol–water partition coefficient (Wildman–Crippen LogP) is 3.89. The van der Waals surface area contributed by atoms with Gasteiger partial charge in [0.1, 0.15) is 0 Å². The molecule has 0 aliphatic rings. The van der Waals surface area contributed by atoms with Crippen molar-refractivity contribution in [1.82, 2.24) is 9.80 Å². The highest BCUT2D eigenvalue weighted by Crippen LogP contribution is 2.11. The van der Waals surface area contributed by atoms with Crippen LogP contribution in [0.2, 0.25) is 5.02 Å². The van der Waals surface area contributed by atoms with Crippen LogP contribution in [0.25, 0.3) is 0 Å². The van der Waals surface area contributed by atoms with Crippen molar-refractivity contribution in [3.63, 3.8) is 0 Å². The van der Waals surface area contributed by atoms with Crippen LogP contribution in [0, 0.1) is 0 Å². The van der Waals surface area contributed by atoms with E-state index in [0.29, 0.717) is 0 Å². The van der Waals surface area contributed by atoms with Gasteiger partial charge in [0, 0.05) is 11.6 Å². The zero-order chi connectivity index (χ0) is 14.1. The molecule has 0 saturated heterocycles. The molecule has 0 aromatic heterocycles. The van der Waals surface area contributed by atoms with E-state index in [-0.39, 0.29) is 0 Å². The third-order valence-electron chi connectivity index (χ3n) is 3.61. The number of hydrogen-bond acceptors (Lipinski definition) is 2. The molecule has 0 saturated carbocycles. The lowest BCUT2D eigenvalue weighted by atomic mass is 10.2. The van der Waals surface area contributed by atoms with Gasteiger partial charge >= 0.3 is 0 Å². The molecule has 3 heteroatoms. The van der Waals surface area contributed by atoms with E-state index in [0.717, 1.165) is 37.7 Å². The van der Waals surface area contributed by atoms with Crippen LogP contribution in [0.4, 0.5) is 0 Å². The molecule has 1 aromatic rings. The van der Waals surface area contributed by atoms with Gasteiger partial charge in [-0.1, -0.05) is 44.5 Å². The van der Waals surface area contributed by atoms with Crippen molar-refractivity contribution in [3.8, 4) is 0 Å². The number of rotatable bonds is 9. The molecule has 1 aromatic carbocycles. The van der Waals surface area contributed by atoms with Crippen molar-refractivity contribution in [1.29, 1.82) is 0 Å². The van der Waals surface area contributed by atoms with Crippen molar-refractivity contribution in [2.75, 3.05) is 32.7 Å². The van der Waals surface area contributed by atoms with E-state index in [1.54, 1.807) is 0 Å². The van der Waals surface area contributed by atoms with Gasteiger partial charge in [0.2, 0.25) is 0 Å². The first-order valence-electron chi connectivity index (χ1n) is 7.38. The molecule has 0 atom stereocenters. The molecule has 2 nitrogen and oxygen atoms in total. The molecule has 0 aliphatic heterocycles. The first-order valence-corrected chi connectivity index (χ1v) is 7.76. The van der Waals surface area contributed by atoms with E-state index in [1.165, 1.54) is 18.5 Å². The van der Waals surface area contributed by atoms with Gasteiger partial charge in [0.05, 0.1) is 0 Å². The third kappa shape index (κ3) is 6.42. The highest BCUT2D eigenvalue weighted by molar-refractivity contribution is 6.30. The van der Waals surface area contributed by atoms with E-state index in [1.807, 2.05) is 12.1 Å². The Kier molecular flexibility index (Phi) is 8.11. The molecule has 0 heterocycles. The molecule has 0 aliphatic carbocycles. The largest absolute Gasteiger partial charge is 0.304 e. The van der Waals surface area contributed by atoms with Crippen LogP contribution in [0.15, 0.2) is 24.3 Å². The average Bonchev–Trinajstić information content (AvgIpc) is 2.44. The van der Waals surface area contributed by atoms with Gasteiger partial charge in [-0.25, -0.2) is 0 Å². The smallest absolute Gasteiger partial charge is 0.0406 e. The minimum atomic E-state index is 0.813. The van der Waals surface area contributed by atoms with Crippen LogP contribution in [0.5, 0.6) is 0 Å². The second kappa shape index (κ2) is 9.35. The van der Waals surface area contributed by atoms with E-state index in [9.17, 15) is 0 Å². The van der Waals surface area contributed by atoms with E-state index in [4.69, 9.17) is 11.6 Å². The summed E-state index contributed by atoms with van der Waals surface area (Å²) in [7, 11) is 0. The fraction of sp³-hybridized carbons (Fsp3) is 0.625. The molecule has 1 rings (SSSR count). The summed E-state index contributed by atoms with van der Waals surface area (Å²) in [6, 6.07) is 8.19. The number of halogens is 1. The van der Waals surface area contributed by atoms with Crippen molar-refractivity contribution in [2.24, 2.45) is 0 Å². The summed E-state index contributed by atoms with van der Waals surface area (Å²) < 4.78 is 0. The van der Waals surface area contributed by atoms with Crippen LogP contribution in [0.3, 0.4) is 0 Å². The second-order valence-corrected chi connectivity index (χ2v) is 5.31. The van der Waals surface area contributed by atoms with E-state index in [2.05, 4.69) is 42.7 Å². The Morgan fingerprint density at radius 2 is 1.37 bits per heavy atom. The zero-order valence-electron chi connectivity index (χ0n) is 12.5. The predicted molar refractivity (Wildman–Crippen MR) is 84.8 cm³/mol. The summed E-state index contributed by atoms with van der Waals surface area (Å²) >= 11 is 5.91. The Bertz CT molecular complexity index is 333. The van der Waals surface area contributed by atoms with E-state index >= 15 is 0 Å². The SMILES string of the molecule is CCN(CC)CCCN(CC)Cc1ccc(Cl)cc1. The van der Waals surface area contributed by atoms with Crippen LogP contribution in [0.1, 0.15) is 32.8 Å². The molecular formula is C16H27ClN2. The Morgan fingerprint density at radius 3 is 1.89 bits per heavy atom. The third-order valence-corrected chi connectivity index (χ3v) is 3.86. The maximum Gasteiger partial charge on any atom is 0.0406 e. The lowest BCUT2D eigenvalue weighted by Crippen LogP contribution is -2.29. The summed E-state index contributed by atoms with van der Waals surface area (Å²) in [6.45, 7) is 13.5. The standard InChI is InChI=1S/C16H27ClN2/c1-4-18(5-2)12-7-13-19(6-3)14-15-8-10-16(17)11-9-15/h8-11H,4-7,12-14H2,1-3H3. The minimum absolute atomic E-state index is 0.813. The van der Waals surface area contributed by atoms with Gasteiger partial charge < -0.3 is 4.90 Å². The molecule has 108 valence electrons. The zero-order valence-corrected chi connectivity index (χ0v) is 13.3. The van der Waals surface area contributed by atoms with Gasteiger partial charge in [-0.15, -0.1) is 0 Å². The van der Waals surface area contributed by atoms with Crippen molar-refractivity contribution >= 4 is 11.6 Å². The summed E-state index contributed by atoms with van der Waals surface area (Å²) in [5.41, 5.74) is 1.34. The molecule has 19 heavy (non-hydrogen) atoms. The molecule has 0 N–H and O–H groups in total. The van der Waals surface area contributed by atoms with Crippen LogP contribution in [-0.2, 0) is 6.54 Å². The first-order chi connectivity index (χ1) is 9.19. The molecular weight excluding hydrogens is 256 g/mol. The molecule has 0 spiro atoms. The highest BCUT2D eigenvalue weighted by atomic mass is 35.5. The van der Waals surface area contributed by atoms with Crippen molar-refractivity contribution < 1.29 is 0 Å². The fourth-order valence-corrected chi connectivity index (χ4v) is 2.38. The molecule has 0 radical (unpaired) electrons.